The molecule has 0 N–H and O–H groups in total. The zero-order valence-corrected chi connectivity index (χ0v) is 11.4. The van der Waals surface area contributed by atoms with Crippen LogP contribution in [0.25, 0.3) is 10.8 Å². The third-order valence-corrected chi connectivity index (χ3v) is 5.20. The Bertz CT molecular complexity index is 642. The quantitative estimate of drug-likeness (QED) is 0.574. The normalized spacial score (nSPS) is 25.4. The van der Waals surface area contributed by atoms with E-state index in [9.17, 15) is 0 Å². The van der Waals surface area contributed by atoms with Crippen LogP contribution in [-0.2, 0) is 12.8 Å². The predicted octanol–water partition coefficient (Wildman–Crippen LogP) is 5.12. The SMILES string of the molecule is CC1CCC(Cl)c2cc3c4c(cccc4c21)CC3. The number of benzene rings is 2. The zero-order valence-electron chi connectivity index (χ0n) is 10.7. The molecule has 0 radical (unpaired) electrons. The van der Waals surface area contributed by atoms with Crippen LogP contribution in [0.15, 0.2) is 24.3 Å². The van der Waals surface area contributed by atoms with Crippen molar-refractivity contribution >= 4 is 22.4 Å². The number of hydrogen-bond acceptors (Lipinski definition) is 0. The average Bonchev–Trinajstić information content (AvgIpc) is 2.79. The highest BCUT2D eigenvalue weighted by molar-refractivity contribution is 6.21. The maximum Gasteiger partial charge on any atom is 0.0588 e. The van der Waals surface area contributed by atoms with E-state index < -0.39 is 0 Å². The minimum Gasteiger partial charge on any atom is -0.118 e. The van der Waals surface area contributed by atoms with E-state index in [0.29, 0.717) is 5.92 Å². The van der Waals surface area contributed by atoms with E-state index in [1.165, 1.54) is 52.3 Å². The van der Waals surface area contributed by atoms with Crippen molar-refractivity contribution < 1.29 is 0 Å². The molecular weight excluding hydrogens is 240 g/mol. The fourth-order valence-electron chi connectivity index (χ4n) is 3.88. The van der Waals surface area contributed by atoms with Crippen molar-refractivity contribution in [2.45, 2.75) is 43.9 Å². The van der Waals surface area contributed by atoms with Gasteiger partial charge in [-0.3, -0.25) is 0 Å². The minimum atomic E-state index is 0.223. The van der Waals surface area contributed by atoms with Gasteiger partial charge in [0.1, 0.15) is 0 Å². The molecule has 2 unspecified atom stereocenters. The monoisotopic (exact) mass is 256 g/mol. The average molecular weight is 257 g/mol. The second-order valence-electron chi connectivity index (χ2n) is 5.82. The van der Waals surface area contributed by atoms with Crippen LogP contribution < -0.4 is 0 Å². The third kappa shape index (κ3) is 1.33. The lowest BCUT2D eigenvalue weighted by Gasteiger charge is -2.28. The molecule has 0 fully saturated rings. The molecule has 0 amide bonds. The fourth-order valence-corrected chi connectivity index (χ4v) is 4.18. The highest BCUT2D eigenvalue weighted by atomic mass is 35.5. The Morgan fingerprint density at radius 3 is 2.83 bits per heavy atom. The first-order chi connectivity index (χ1) is 8.75. The van der Waals surface area contributed by atoms with E-state index in [1.54, 1.807) is 0 Å². The maximum atomic E-state index is 6.56. The van der Waals surface area contributed by atoms with Gasteiger partial charge in [-0.25, -0.2) is 0 Å². The van der Waals surface area contributed by atoms with Gasteiger partial charge in [0.05, 0.1) is 5.38 Å². The number of fused-ring (bicyclic) bond motifs is 2. The smallest absolute Gasteiger partial charge is 0.0588 e. The van der Waals surface area contributed by atoms with E-state index in [4.69, 9.17) is 11.6 Å². The van der Waals surface area contributed by atoms with E-state index >= 15 is 0 Å². The molecule has 18 heavy (non-hydrogen) atoms. The van der Waals surface area contributed by atoms with Crippen LogP contribution in [0.1, 0.15) is 53.3 Å². The number of alkyl halides is 1. The Kier molecular flexibility index (Phi) is 2.26. The van der Waals surface area contributed by atoms with Crippen LogP contribution in [0, 0.1) is 0 Å². The van der Waals surface area contributed by atoms with Crippen LogP contribution in [0.2, 0.25) is 0 Å². The molecular formula is C17H17Cl. The molecule has 0 spiro atoms. The lowest BCUT2D eigenvalue weighted by Crippen LogP contribution is -2.10. The number of hydrogen-bond donors (Lipinski definition) is 0. The van der Waals surface area contributed by atoms with Gasteiger partial charge in [0, 0.05) is 0 Å². The van der Waals surface area contributed by atoms with Crippen LogP contribution >= 0.6 is 11.6 Å². The molecule has 2 atom stereocenters. The van der Waals surface area contributed by atoms with Gasteiger partial charge in [0.25, 0.3) is 0 Å². The zero-order chi connectivity index (χ0) is 12.3. The summed E-state index contributed by atoms with van der Waals surface area (Å²) < 4.78 is 0. The first-order valence-electron chi connectivity index (χ1n) is 6.97. The molecule has 1 heteroatoms. The summed E-state index contributed by atoms with van der Waals surface area (Å²) in [6, 6.07) is 9.22. The number of aryl methyl sites for hydroxylation is 2. The van der Waals surface area contributed by atoms with E-state index in [2.05, 4.69) is 31.2 Å². The first kappa shape index (κ1) is 10.9. The van der Waals surface area contributed by atoms with Gasteiger partial charge in [0.15, 0.2) is 0 Å². The summed E-state index contributed by atoms with van der Waals surface area (Å²) in [5.41, 5.74) is 6.01. The largest absolute Gasteiger partial charge is 0.118 e. The Morgan fingerprint density at radius 2 is 1.94 bits per heavy atom. The summed E-state index contributed by atoms with van der Waals surface area (Å²) in [7, 11) is 0. The Hall–Kier alpha value is -1.01. The summed E-state index contributed by atoms with van der Waals surface area (Å²) in [5.74, 6) is 0.653. The molecule has 0 bridgehead atoms. The molecule has 0 aromatic heterocycles. The van der Waals surface area contributed by atoms with Crippen molar-refractivity contribution in [3.63, 3.8) is 0 Å². The molecule has 0 nitrogen and oxygen atoms in total. The van der Waals surface area contributed by atoms with Crippen molar-refractivity contribution in [1.29, 1.82) is 0 Å². The highest BCUT2D eigenvalue weighted by Crippen LogP contribution is 2.46. The summed E-state index contributed by atoms with van der Waals surface area (Å²) in [6.45, 7) is 2.35. The lowest BCUT2D eigenvalue weighted by atomic mass is 9.79. The van der Waals surface area contributed by atoms with Crippen LogP contribution in [0.5, 0.6) is 0 Å². The lowest BCUT2D eigenvalue weighted by molar-refractivity contribution is 0.582. The standard InChI is InChI=1S/C17H17Cl/c1-10-5-8-15(18)14-9-12-7-6-11-3-2-4-13(16(10)14)17(11)12/h2-4,9-10,15H,5-8H2,1H3. The van der Waals surface area contributed by atoms with Crippen LogP contribution in [-0.4, -0.2) is 0 Å². The van der Waals surface area contributed by atoms with Crippen molar-refractivity contribution in [1.82, 2.24) is 0 Å². The van der Waals surface area contributed by atoms with Crippen LogP contribution in [0.3, 0.4) is 0 Å². The van der Waals surface area contributed by atoms with Crippen molar-refractivity contribution in [2.75, 3.05) is 0 Å². The van der Waals surface area contributed by atoms with Gasteiger partial charge in [-0.15, -0.1) is 11.6 Å². The molecule has 2 aliphatic carbocycles. The predicted molar refractivity (Wildman–Crippen MR) is 77.6 cm³/mol. The summed E-state index contributed by atoms with van der Waals surface area (Å²) in [4.78, 5) is 0. The van der Waals surface area contributed by atoms with E-state index in [-0.39, 0.29) is 5.38 Å². The van der Waals surface area contributed by atoms with Crippen molar-refractivity contribution in [3.05, 3.63) is 46.5 Å². The summed E-state index contributed by atoms with van der Waals surface area (Å²) in [6.07, 6.45) is 4.75. The van der Waals surface area contributed by atoms with Crippen molar-refractivity contribution in [3.8, 4) is 0 Å². The number of rotatable bonds is 0. The summed E-state index contributed by atoms with van der Waals surface area (Å²) in [5, 5.41) is 3.24. The molecule has 4 rings (SSSR count). The minimum absolute atomic E-state index is 0.223. The molecule has 0 saturated carbocycles. The van der Waals surface area contributed by atoms with Crippen LogP contribution in [0.4, 0.5) is 0 Å². The van der Waals surface area contributed by atoms with E-state index in [0.717, 1.165) is 6.42 Å². The second-order valence-corrected chi connectivity index (χ2v) is 6.35. The van der Waals surface area contributed by atoms with Gasteiger partial charge >= 0.3 is 0 Å². The Labute approximate surface area is 113 Å². The van der Waals surface area contributed by atoms with Gasteiger partial charge in [0.2, 0.25) is 0 Å². The Morgan fingerprint density at radius 1 is 1.11 bits per heavy atom. The molecule has 2 aromatic carbocycles. The van der Waals surface area contributed by atoms with Crippen molar-refractivity contribution in [2.24, 2.45) is 0 Å². The Balaban J connectivity index is 2.15. The third-order valence-electron chi connectivity index (χ3n) is 4.75. The summed E-state index contributed by atoms with van der Waals surface area (Å²) >= 11 is 6.56. The second kappa shape index (κ2) is 3.74. The molecule has 92 valence electrons. The topological polar surface area (TPSA) is 0 Å². The highest BCUT2D eigenvalue weighted by Gasteiger charge is 2.28. The van der Waals surface area contributed by atoms with Gasteiger partial charge in [-0.1, -0.05) is 31.2 Å². The molecule has 0 aliphatic heterocycles. The fraction of sp³-hybridized carbons (Fsp3) is 0.412. The molecule has 0 heterocycles. The maximum absolute atomic E-state index is 6.56. The van der Waals surface area contributed by atoms with E-state index in [1.807, 2.05) is 0 Å². The molecule has 2 aliphatic rings. The van der Waals surface area contributed by atoms with Gasteiger partial charge in [-0.2, -0.15) is 0 Å². The molecule has 2 aromatic rings. The molecule has 0 saturated heterocycles. The van der Waals surface area contributed by atoms with Gasteiger partial charge in [-0.05, 0) is 64.6 Å². The van der Waals surface area contributed by atoms with Gasteiger partial charge < -0.3 is 0 Å². The first-order valence-corrected chi connectivity index (χ1v) is 7.40. The number of halogens is 1.